The fourth-order valence-corrected chi connectivity index (χ4v) is 4.11. The van der Waals surface area contributed by atoms with Crippen molar-refractivity contribution in [2.75, 3.05) is 41.7 Å². The number of nitrogens with zero attached hydrogens (tertiary/aromatic N) is 4. The average Bonchev–Trinajstić information content (AvgIpc) is 3.18. The zero-order valence-corrected chi connectivity index (χ0v) is 14.8. The number of nitrogens with two attached hydrogens (primary N) is 1. The van der Waals surface area contributed by atoms with E-state index in [0.29, 0.717) is 0 Å². The quantitative estimate of drug-likeness (QED) is 0.929. The molecule has 0 radical (unpaired) electrons. The second kappa shape index (κ2) is 7.30. The topological polar surface area (TPSA) is 58.3 Å². The van der Waals surface area contributed by atoms with Crippen LogP contribution in [0.5, 0.6) is 0 Å². The highest BCUT2D eigenvalue weighted by Gasteiger charge is 2.25. The summed E-state index contributed by atoms with van der Waals surface area (Å²) in [6, 6.07) is 10.8. The maximum atomic E-state index is 6.44. The first kappa shape index (κ1) is 16.2. The predicted octanol–water partition coefficient (Wildman–Crippen LogP) is 3.12. The summed E-state index contributed by atoms with van der Waals surface area (Å²) in [7, 11) is 0. The highest BCUT2D eigenvalue weighted by molar-refractivity contribution is 5.76. The average molecular weight is 337 g/mol. The van der Waals surface area contributed by atoms with E-state index < -0.39 is 0 Å². The molecule has 0 unspecified atom stereocenters. The molecule has 2 saturated heterocycles. The van der Waals surface area contributed by atoms with Crippen LogP contribution in [-0.2, 0) is 6.42 Å². The van der Waals surface area contributed by atoms with Gasteiger partial charge in [0.25, 0.3) is 0 Å². The molecule has 0 amide bonds. The molecule has 3 heterocycles. The van der Waals surface area contributed by atoms with Crippen molar-refractivity contribution in [3.05, 3.63) is 42.2 Å². The first-order valence-corrected chi connectivity index (χ1v) is 9.45. The van der Waals surface area contributed by atoms with E-state index in [2.05, 4.69) is 50.1 Å². The first-order valence-electron chi connectivity index (χ1n) is 9.45. The molecule has 25 heavy (non-hydrogen) atoms. The Kier molecular flexibility index (Phi) is 4.72. The number of hydrogen-bond acceptors (Lipinski definition) is 5. The Balaban J connectivity index is 1.41. The Hall–Kier alpha value is -2.30. The lowest BCUT2D eigenvalue weighted by molar-refractivity contribution is 0.402. The van der Waals surface area contributed by atoms with Gasteiger partial charge in [-0.25, -0.2) is 9.97 Å². The van der Waals surface area contributed by atoms with Crippen molar-refractivity contribution in [3.63, 3.8) is 0 Å². The van der Waals surface area contributed by atoms with Crippen LogP contribution in [0.2, 0.25) is 0 Å². The summed E-state index contributed by atoms with van der Waals surface area (Å²) in [4.78, 5) is 13.6. The van der Waals surface area contributed by atoms with Gasteiger partial charge in [-0.1, -0.05) is 30.3 Å². The normalized spacial score (nSPS) is 18.7. The molecule has 5 nitrogen and oxygen atoms in total. The Morgan fingerprint density at radius 2 is 1.48 bits per heavy atom. The standard InChI is InChI=1S/C20H27N5/c21-18-19(24-10-4-5-11-24)22-15-23-20(18)25-12-8-17(9-13-25)14-16-6-2-1-3-7-16/h1-3,6-7,15,17H,4-5,8-14,21H2. The lowest BCUT2D eigenvalue weighted by Gasteiger charge is -2.34. The van der Waals surface area contributed by atoms with Gasteiger partial charge in [-0.3, -0.25) is 0 Å². The molecular weight excluding hydrogens is 310 g/mol. The third-order valence-corrected chi connectivity index (χ3v) is 5.53. The van der Waals surface area contributed by atoms with Gasteiger partial charge in [0.15, 0.2) is 11.6 Å². The fraction of sp³-hybridized carbons (Fsp3) is 0.500. The van der Waals surface area contributed by atoms with Gasteiger partial charge in [-0.15, -0.1) is 0 Å². The summed E-state index contributed by atoms with van der Waals surface area (Å²) in [6.07, 6.45) is 7.68. The minimum Gasteiger partial charge on any atom is -0.393 e. The molecule has 1 aromatic carbocycles. The van der Waals surface area contributed by atoms with Gasteiger partial charge in [0, 0.05) is 26.2 Å². The van der Waals surface area contributed by atoms with Crippen LogP contribution in [-0.4, -0.2) is 36.1 Å². The smallest absolute Gasteiger partial charge is 0.157 e. The Labute approximate surface area is 149 Å². The van der Waals surface area contributed by atoms with Crippen molar-refractivity contribution in [3.8, 4) is 0 Å². The van der Waals surface area contributed by atoms with E-state index in [1.54, 1.807) is 6.33 Å². The number of piperidine rings is 1. The molecule has 2 aliphatic heterocycles. The number of anilines is 3. The SMILES string of the molecule is Nc1c(N2CCCC2)ncnc1N1CCC(Cc2ccccc2)CC1. The van der Waals surface area contributed by atoms with Gasteiger partial charge in [0.05, 0.1) is 0 Å². The second-order valence-corrected chi connectivity index (χ2v) is 7.25. The maximum Gasteiger partial charge on any atom is 0.157 e. The van der Waals surface area contributed by atoms with Crippen LogP contribution >= 0.6 is 0 Å². The van der Waals surface area contributed by atoms with E-state index >= 15 is 0 Å². The summed E-state index contributed by atoms with van der Waals surface area (Å²) in [5.41, 5.74) is 8.64. The van der Waals surface area contributed by atoms with Crippen molar-refractivity contribution in [2.45, 2.75) is 32.1 Å². The van der Waals surface area contributed by atoms with Crippen LogP contribution in [0.15, 0.2) is 36.7 Å². The number of rotatable bonds is 4. The zero-order chi connectivity index (χ0) is 17.1. The molecule has 0 aliphatic carbocycles. The number of nitrogen functional groups attached to an aromatic ring is 1. The van der Waals surface area contributed by atoms with Crippen molar-refractivity contribution in [2.24, 2.45) is 5.92 Å². The molecular formula is C20H27N5. The second-order valence-electron chi connectivity index (χ2n) is 7.25. The largest absolute Gasteiger partial charge is 0.393 e. The van der Waals surface area contributed by atoms with E-state index in [0.717, 1.165) is 49.4 Å². The Bertz CT molecular complexity index is 688. The predicted molar refractivity (Wildman–Crippen MR) is 103 cm³/mol. The number of aromatic nitrogens is 2. The summed E-state index contributed by atoms with van der Waals surface area (Å²) < 4.78 is 0. The van der Waals surface area contributed by atoms with E-state index in [9.17, 15) is 0 Å². The van der Waals surface area contributed by atoms with Gasteiger partial charge >= 0.3 is 0 Å². The molecule has 2 aromatic rings. The highest BCUT2D eigenvalue weighted by atomic mass is 15.3. The van der Waals surface area contributed by atoms with Crippen LogP contribution in [0.3, 0.4) is 0 Å². The summed E-state index contributed by atoms with van der Waals surface area (Å²) in [5.74, 6) is 2.60. The molecule has 0 saturated carbocycles. The minimum absolute atomic E-state index is 0.750. The van der Waals surface area contributed by atoms with Gasteiger partial charge in [-0.2, -0.15) is 0 Å². The number of benzene rings is 1. The minimum atomic E-state index is 0.750. The van der Waals surface area contributed by atoms with Crippen LogP contribution in [0, 0.1) is 5.92 Å². The summed E-state index contributed by atoms with van der Waals surface area (Å²) in [5, 5.41) is 0. The molecule has 2 fully saturated rings. The van der Waals surface area contributed by atoms with E-state index in [1.807, 2.05) is 0 Å². The van der Waals surface area contributed by atoms with E-state index in [-0.39, 0.29) is 0 Å². The van der Waals surface area contributed by atoms with Crippen molar-refractivity contribution < 1.29 is 0 Å². The number of hydrogen-bond donors (Lipinski definition) is 1. The van der Waals surface area contributed by atoms with Gasteiger partial charge in [0.2, 0.25) is 0 Å². The van der Waals surface area contributed by atoms with Gasteiger partial charge in [-0.05, 0) is 43.6 Å². The van der Waals surface area contributed by atoms with Gasteiger partial charge < -0.3 is 15.5 Å². The van der Waals surface area contributed by atoms with Crippen LogP contribution in [0.1, 0.15) is 31.2 Å². The van der Waals surface area contributed by atoms with E-state index in [4.69, 9.17) is 5.73 Å². The van der Waals surface area contributed by atoms with Crippen molar-refractivity contribution in [1.29, 1.82) is 0 Å². The molecule has 132 valence electrons. The van der Waals surface area contributed by atoms with Crippen molar-refractivity contribution in [1.82, 2.24) is 9.97 Å². The van der Waals surface area contributed by atoms with Gasteiger partial charge in [0.1, 0.15) is 12.0 Å². The fourth-order valence-electron chi connectivity index (χ4n) is 4.11. The zero-order valence-electron chi connectivity index (χ0n) is 14.8. The van der Waals surface area contributed by atoms with Crippen LogP contribution < -0.4 is 15.5 Å². The molecule has 5 heteroatoms. The van der Waals surface area contributed by atoms with Crippen LogP contribution in [0.4, 0.5) is 17.3 Å². The molecule has 1 aromatic heterocycles. The molecule has 2 N–H and O–H groups in total. The summed E-state index contributed by atoms with van der Waals surface area (Å²) in [6.45, 7) is 4.16. The van der Waals surface area contributed by atoms with E-state index in [1.165, 1.54) is 37.7 Å². The Morgan fingerprint density at radius 3 is 2.12 bits per heavy atom. The third kappa shape index (κ3) is 3.55. The summed E-state index contributed by atoms with van der Waals surface area (Å²) >= 11 is 0. The lowest BCUT2D eigenvalue weighted by atomic mass is 9.90. The Morgan fingerprint density at radius 1 is 0.880 bits per heavy atom. The first-order chi connectivity index (χ1) is 12.3. The highest BCUT2D eigenvalue weighted by Crippen LogP contribution is 2.33. The van der Waals surface area contributed by atoms with Crippen molar-refractivity contribution >= 4 is 17.3 Å². The molecule has 0 spiro atoms. The molecule has 4 rings (SSSR count). The molecule has 0 atom stereocenters. The molecule has 2 aliphatic rings. The monoisotopic (exact) mass is 337 g/mol. The molecule has 0 bridgehead atoms. The lowest BCUT2D eigenvalue weighted by Crippen LogP contribution is -2.36. The van der Waals surface area contributed by atoms with Crippen LogP contribution in [0.25, 0.3) is 0 Å². The third-order valence-electron chi connectivity index (χ3n) is 5.53. The maximum absolute atomic E-state index is 6.44.